The minimum atomic E-state index is -1.37. The molecule has 0 bridgehead atoms. The summed E-state index contributed by atoms with van der Waals surface area (Å²) in [5, 5.41) is 15.1. The number of ether oxygens (including phenoxy) is 2. The van der Waals surface area contributed by atoms with Crippen molar-refractivity contribution >= 4 is 40.9 Å². The number of amides is 2. The summed E-state index contributed by atoms with van der Waals surface area (Å²) in [4.78, 5) is 64.0. The lowest BCUT2D eigenvalue weighted by Crippen LogP contribution is -2.55. The van der Waals surface area contributed by atoms with E-state index in [1.807, 2.05) is 0 Å². The standard InChI is InChI=1S/C29H32FN5O7S/c1-5-41-27(38)19-18(32-23(24-31-9-12-43-24)33-20(19)16-7-6-8-17(30)15(16)2)13-34-10-11-42-22-21(34)25(36)35(26(22)37)14-29(3,4)28(39)40/h6-9,12,20-22H,5,10-11,13-14H2,1-4H3,(H,32,33)(H,39,40)/t20-,21-,22+/m0/s1. The van der Waals surface area contributed by atoms with E-state index in [0.717, 1.165) is 4.90 Å². The molecule has 0 aliphatic carbocycles. The number of imide groups is 1. The number of likely N-dealkylation sites (tertiary alicyclic amines) is 1. The van der Waals surface area contributed by atoms with Crippen LogP contribution in [0.3, 0.4) is 0 Å². The van der Waals surface area contributed by atoms with Gasteiger partial charge in [-0.1, -0.05) is 12.1 Å². The molecule has 0 radical (unpaired) electrons. The van der Waals surface area contributed by atoms with E-state index in [1.165, 1.54) is 31.3 Å². The number of carboxylic acid groups (broad SMARTS) is 1. The number of aromatic nitrogens is 1. The quantitative estimate of drug-likeness (QED) is 0.318. The first kappa shape index (κ1) is 30.4. The molecular weight excluding hydrogens is 581 g/mol. The van der Waals surface area contributed by atoms with Gasteiger partial charge in [0.25, 0.3) is 5.91 Å². The number of amidine groups is 1. The molecule has 0 saturated carbocycles. The number of carboxylic acids is 1. The van der Waals surface area contributed by atoms with Crippen molar-refractivity contribution < 1.29 is 38.1 Å². The SMILES string of the molecule is CCOC(=O)C1=C(CN2CCO[C@H]3C(=O)N(CC(C)(C)C(=O)O)C(=O)[C@H]32)NC(c2nccs2)=N[C@H]1c1cccc(F)c1C. The van der Waals surface area contributed by atoms with Crippen LogP contribution in [0.1, 0.15) is 42.9 Å². The van der Waals surface area contributed by atoms with Gasteiger partial charge >= 0.3 is 11.9 Å². The molecule has 2 fully saturated rings. The third-order valence-electron chi connectivity index (χ3n) is 7.74. The van der Waals surface area contributed by atoms with Crippen molar-refractivity contribution in [3.63, 3.8) is 0 Å². The second-order valence-corrected chi connectivity index (χ2v) is 12.0. The van der Waals surface area contributed by atoms with Gasteiger partial charge < -0.3 is 19.9 Å². The zero-order valence-corrected chi connectivity index (χ0v) is 24.9. The molecule has 2 aromatic rings. The molecule has 1 aromatic heterocycles. The van der Waals surface area contributed by atoms with Gasteiger partial charge in [0.05, 0.1) is 24.2 Å². The minimum absolute atomic E-state index is 0.0108. The van der Waals surface area contributed by atoms with E-state index < -0.39 is 53.2 Å². The Bertz CT molecular complexity index is 1520. The van der Waals surface area contributed by atoms with Crippen LogP contribution in [0.5, 0.6) is 0 Å². The zero-order valence-electron chi connectivity index (χ0n) is 24.1. The van der Waals surface area contributed by atoms with E-state index in [-0.39, 0.29) is 38.4 Å². The number of hydrogen-bond acceptors (Lipinski definition) is 11. The minimum Gasteiger partial charge on any atom is -0.481 e. The van der Waals surface area contributed by atoms with Gasteiger partial charge in [0.1, 0.15) is 17.9 Å². The smallest absolute Gasteiger partial charge is 0.338 e. The van der Waals surface area contributed by atoms with E-state index in [1.54, 1.807) is 42.5 Å². The topological polar surface area (TPSA) is 151 Å². The van der Waals surface area contributed by atoms with Crippen LogP contribution in [0.2, 0.25) is 0 Å². The maximum Gasteiger partial charge on any atom is 0.338 e. The van der Waals surface area contributed by atoms with Crippen LogP contribution in [-0.4, -0.2) is 94.5 Å². The molecule has 4 heterocycles. The molecule has 14 heteroatoms. The molecule has 0 spiro atoms. The summed E-state index contributed by atoms with van der Waals surface area (Å²) in [6.07, 6.45) is 0.480. The molecule has 3 atom stereocenters. The van der Waals surface area contributed by atoms with E-state index >= 15 is 0 Å². The molecule has 43 heavy (non-hydrogen) atoms. The number of aliphatic carboxylic acids is 1. The number of nitrogens with zero attached hydrogens (tertiary/aromatic N) is 4. The van der Waals surface area contributed by atoms with Gasteiger partial charge in [-0.05, 0) is 44.9 Å². The number of rotatable bonds is 9. The maximum absolute atomic E-state index is 14.7. The Labute approximate surface area is 251 Å². The Balaban J connectivity index is 1.57. The van der Waals surface area contributed by atoms with Crippen LogP contribution in [0, 0.1) is 18.2 Å². The number of morpholine rings is 1. The Hall–Kier alpha value is -4.01. The number of nitrogens with one attached hydrogen (secondary N) is 1. The fourth-order valence-corrected chi connectivity index (χ4v) is 5.98. The summed E-state index contributed by atoms with van der Waals surface area (Å²) in [6.45, 7) is 6.27. The Morgan fingerprint density at radius 3 is 2.72 bits per heavy atom. The van der Waals surface area contributed by atoms with Gasteiger partial charge in [-0.3, -0.25) is 29.2 Å². The van der Waals surface area contributed by atoms with Crippen molar-refractivity contribution in [1.82, 2.24) is 20.1 Å². The van der Waals surface area contributed by atoms with Crippen LogP contribution >= 0.6 is 11.3 Å². The summed E-state index contributed by atoms with van der Waals surface area (Å²) in [5.74, 6) is -3.10. The van der Waals surface area contributed by atoms with Crippen molar-refractivity contribution in [3.8, 4) is 0 Å². The van der Waals surface area contributed by atoms with Crippen molar-refractivity contribution in [3.05, 3.63) is 63.0 Å². The summed E-state index contributed by atoms with van der Waals surface area (Å²) in [5.41, 5.74) is -0.0942. The van der Waals surface area contributed by atoms with Crippen LogP contribution in [-0.2, 0) is 28.7 Å². The first-order valence-electron chi connectivity index (χ1n) is 13.8. The maximum atomic E-state index is 14.7. The normalized spacial score (nSPS) is 22.8. The molecule has 2 amide bonds. The third-order valence-corrected chi connectivity index (χ3v) is 8.52. The summed E-state index contributed by atoms with van der Waals surface area (Å²) >= 11 is 1.32. The lowest BCUT2D eigenvalue weighted by atomic mass is 9.92. The largest absolute Gasteiger partial charge is 0.481 e. The fraction of sp³-hybridized carbons (Fsp3) is 0.448. The van der Waals surface area contributed by atoms with Crippen LogP contribution in [0.15, 0.2) is 46.0 Å². The predicted octanol–water partition coefficient (Wildman–Crippen LogP) is 2.05. The number of carbonyl (C=O) groups excluding carboxylic acids is 3. The van der Waals surface area contributed by atoms with Crippen molar-refractivity contribution in [2.24, 2.45) is 10.4 Å². The molecule has 2 saturated heterocycles. The van der Waals surface area contributed by atoms with E-state index in [0.29, 0.717) is 27.7 Å². The van der Waals surface area contributed by atoms with Crippen molar-refractivity contribution in [1.29, 1.82) is 0 Å². The molecule has 3 aliphatic heterocycles. The first-order valence-corrected chi connectivity index (χ1v) is 14.7. The second-order valence-electron chi connectivity index (χ2n) is 11.1. The van der Waals surface area contributed by atoms with Gasteiger partial charge in [0.2, 0.25) is 5.91 Å². The summed E-state index contributed by atoms with van der Waals surface area (Å²) < 4.78 is 25.9. The van der Waals surface area contributed by atoms with E-state index in [2.05, 4.69) is 10.3 Å². The molecule has 5 rings (SSSR count). The van der Waals surface area contributed by atoms with Crippen LogP contribution < -0.4 is 5.32 Å². The molecule has 228 valence electrons. The lowest BCUT2D eigenvalue weighted by molar-refractivity contribution is -0.152. The number of hydrogen-bond donors (Lipinski definition) is 2. The number of halogens is 1. The molecular formula is C29H32FN5O7S. The third kappa shape index (κ3) is 5.69. The van der Waals surface area contributed by atoms with Gasteiger partial charge in [-0.15, -0.1) is 11.3 Å². The van der Waals surface area contributed by atoms with Gasteiger partial charge in [0.15, 0.2) is 16.9 Å². The number of thiazole rings is 1. The molecule has 3 aliphatic rings. The highest BCUT2D eigenvalue weighted by molar-refractivity contribution is 7.11. The van der Waals surface area contributed by atoms with E-state index in [4.69, 9.17) is 14.5 Å². The second kappa shape index (κ2) is 11.9. The van der Waals surface area contributed by atoms with Gasteiger partial charge in [-0.25, -0.2) is 14.2 Å². The summed E-state index contributed by atoms with van der Waals surface area (Å²) in [7, 11) is 0. The first-order chi connectivity index (χ1) is 20.4. The van der Waals surface area contributed by atoms with Crippen molar-refractivity contribution in [2.75, 3.05) is 32.8 Å². The van der Waals surface area contributed by atoms with Crippen LogP contribution in [0.4, 0.5) is 4.39 Å². The average molecular weight is 614 g/mol. The highest BCUT2D eigenvalue weighted by Crippen LogP contribution is 2.36. The Kier molecular flexibility index (Phi) is 8.45. The predicted molar refractivity (Wildman–Crippen MR) is 153 cm³/mol. The highest BCUT2D eigenvalue weighted by atomic mass is 32.1. The number of esters is 1. The Morgan fingerprint density at radius 2 is 2.05 bits per heavy atom. The van der Waals surface area contributed by atoms with Crippen molar-refractivity contribution in [2.45, 2.75) is 45.9 Å². The number of carbonyl (C=O) groups is 4. The van der Waals surface area contributed by atoms with Gasteiger partial charge in [-0.2, -0.15) is 0 Å². The zero-order chi connectivity index (χ0) is 31.1. The average Bonchev–Trinajstić information content (AvgIpc) is 3.58. The molecule has 2 N–H and O–H groups in total. The lowest BCUT2D eigenvalue weighted by Gasteiger charge is -2.37. The molecule has 1 aromatic carbocycles. The molecule has 12 nitrogen and oxygen atoms in total. The number of benzene rings is 1. The monoisotopic (exact) mass is 613 g/mol. The number of fused-ring (bicyclic) bond motifs is 1. The summed E-state index contributed by atoms with van der Waals surface area (Å²) in [6, 6.07) is 2.58. The van der Waals surface area contributed by atoms with E-state index in [9.17, 15) is 28.7 Å². The Morgan fingerprint density at radius 1 is 1.28 bits per heavy atom. The number of aliphatic imine (C=N–C) groups is 1. The molecule has 0 unspecified atom stereocenters. The highest BCUT2D eigenvalue weighted by Gasteiger charge is 2.54. The van der Waals surface area contributed by atoms with Crippen LogP contribution in [0.25, 0.3) is 0 Å². The van der Waals surface area contributed by atoms with Gasteiger partial charge in [0, 0.05) is 36.9 Å². The fourth-order valence-electron chi connectivity index (χ4n) is 5.40.